The minimum atomic E-state index is -0.0772. The lowest BCUT2D eigenvalue weighted by molar-refractivity contribution is 0.0487. The van der Waals surface area contributed by atoms with Crippen LogP contribution in [0.15, 0.2) is 22.7 Å². The molecule has 15 heavy (non-hydrogen) atoms. The lowest BCUT2D eigenvalue weighted by atomic mass is 9.82. The molecule has 1 aromatic carbocycles. The van der Waals surface area contributed by atoms with Gasteiger partial charge in [0.15, 0.2) is 0 Å². The van der Waals surface area contributed by atoms with Crippen molar-refractivity contribution in [1.29, 1.82) is 0 Å². The molecule has 4 heteroatoms. The van der Waals surface area contributed by atoms with Crippen LogP contribution in [-0.4, -0.2) is 17.8 Å². The number of aliphatic hydroxyl groups excluding tert-OH is 1. The third kappa shape index (κ3) is 2.63. The standard InChI is InChI=1S/C11H15BrN2O/c12-10-5-8(13)1-2-11(10)14-6-7-3-9(15)4-7/h1-2,5,7,9,14-15H,3-4,6,13H2. The SMILES string of the molecule is Nc1ccc(NCC2CC(O)C2)c(Br)c1. The second kappa shape index (κ2) is 4.41. The van der Waals surface area contributed by atoms with Crippen LogP contribution in [-0.2, 0) is 0 Å². The fourth-order valence-electron chi connectivity index (χ4n) is 1.80. The first-order valence-electron chi connectivity index (χ1n) is 5.12. The summed E-state index contributed by atoms with van der Waals surface area (Å²) in [6, 6.07) is 5.73. The fraction of sp³-hybridized carbons (Fsp3) is 0.455. The molecule has 3 nitrogen and oxygen atoms in total. The van der Waals surface area contributed by atoms with E-state index in [0.717, 1.165) is 35.2 Å². The van der Waals surface area contributed by atoms with E-state index in [4.69, 9.17) is 10.8 Å². The topological polar surface area (TPSA) is 58.3 Å². The van der Waals surface area contributed by atoms with Gasteiger partial charge < -0.3 is 16.2 Å². The van der Waals surface area contributed by atoms with E-state index in [9.17, 15) is 0 Å². The Morgan fingerprint density at radius 3 is 2.80 bits per heavy atom. The normalized spacial score (nSPS) is 24.7. The molecule has 0 heterocycles. The predicted molar refractivity (Wildman–Crippen MR) is 65.8 cm³/mol. The number of rotatable bonds is 3. The smallest absolute Gasteiger partial charge is 0.0546 e. The van der Waals surface area contributed by atoms with Crippen LogP contribution in [0.1, 0.15) is 12.8 Å². The number of benzene rings is 1. The first kappa shape index (κ1) is 10.8. The van der Waals surface area contributed by atoms with Gasteiger partial charge in [-0.2, -0.15) is 0 Å². The van der Waals surface area contributed by atoms with Crippen molar-refractivity contribution in [1.82, 2.24) is 0 Å². The van der Waals surface area contributed by atoms with Crippen molar-refractivity contribution < 1.29 is 5.11 Å². The van der Waals surface area contributed by atoms with E-state index in [2.05, 4.69) is 21.2 Å². The van der Waals surface area contributed by atoms with Crippen LogP contribution in [0.3, 0.4) is 0 Å². The number of hydrogen-bond donors (Lipinski definition) is 3. The number of hydrogen-bond acceptors (Lipinski definition) is 3. The number of nitrogens with two attached hydrogens (primary N) is 1. The predicted octanol–water partition coefficient (Wildman–Crippen LogP) is 2.21. The molecular formula is C11H15BrN2O. The Labute approximate surface area is 97.8 Å². The summed E-state index contributed by atoms with van der Waals surface area (Å²) >= 11 is 3.46. The van der Waals surface area contributed by atoms with Crippen LogP contribution in [0.25, 0.3) is 0 Å². The maximum Gasteiger partial charge on any atom is 0.0546 e. The zero-order valence-corrected chi connectivity index (χ0v) is 10.00. The maximum absolute atomic E-state index is 9.15. The molecule has 1 fully saturated rings. The number of nitrogens with one attached hydrogen (secondary N) is 1. The molecule has 0 aromatic heterocycles. The van der Waals surface area contributed by atoms with E-state index in [0.29, 0.717) is 5.92 Å². The molecule has 0 atom stereocenters. The van der Waals surface area contributed by atoms with Gasteiger partial charge in [0.05, 0.1) is 6.10 Å². The Morgan fingerprint density at radius 2 is 2.20 bits per heavy atom. The first-order chi connectivity index (χ1) is 7.15. The number of anilines is 2. The van der Waals surface area contributed by atoms with Gasteiger partial charge in [0.1, 0.15) is 0 Å². The lowest BCUT2D eigenvalue weighted by Crippen LogP contribution is -2.33. The number of nitrogen functional groups attached to an aromatic ring is 1. The highest BCUT2D eigenvalue weighted by Gasteiger charge is 2.26. The molecule has 0 spiro atoms. The van der Waals surface area contributed by atoms with Crippen LogP contribution in [0.5, 0.6) is 0 Å². The summed E-state index contributed by atoms with van der Waals surface area (Å²) < 4.78 is 0.988. The number of halogens is 1. The Kier molecular flexibility index (Phi) is 3.17. The molecule has 1 saturated carbocycles. The summed E-state index contributed by atoms with van der Waals surface area (Å²) in [4.78, 5) is 0. The molecule has 82 valence electrons. The van der Waals surface area contributed by atoms with Gasteiger partial charge in [-0.05, 0) is 52.9 Å². The molecular weight excluding hydrogens is 256 g/mol. The van der Waals surface area contributed by atoms with Crippen molar-refractivity contribution in [2.75, 3.05) is 17.6 Å². The van der Waals surface area contributed by atoms with Crippen molar-refractivity contribution in [2.24, 2.45) is 5.92 Å². The Morgan fingerprint density at radius 1 is 1.47 bits per heavy atom. The third-order valence-electron chi connectivity index (χ3n) is 2.79. The molecule has 0 amide bonds. The van der Waals surface area contributed by atoms with Crippen LogP contribution in [0, 0.1) is 5.92 Å². The summed E-state index contributed by atoms with van der Waals surface area (Å²) in [7, 11) is 0. The van der Waals surface area contributed by atoms with E-state index < -0.39 is 0 Å². The summed E-state index contributed by atoms with van der Waals surface area (Å²) in [5.74, 6) is 0.601. The molecule has 0 radical (unpaired) electrons. The highest BCUT2D eigenvalue weighted by molar-refractivity contribution is 9.10. The molecule has 1 aliphatic rings. The van der Waals surface area contributed by atoms with Crippen molar-refractivity contribution >= 4 is 27.3 Å². The Bertz CT molecular complexity index is 350. The summed E-state index contributed by atoms with van der Waals surface area (Å²) in [5.41, 5.74) is 7.46. The minimum absolute atomic E-state index is 0.0772. The second-order valence-corrected chi connectivity index (χ2v) is 4.97. The van der Waals surface area contributed by atoms with Gasteiger partial charge in [-0.3, -0.25) is 0 Å². The molecule has 2 rings (SSSR count). The van der Waals surface area contributed by atoms with E-state index in [1.54, 1.807) is 0 Å². The van der Waals surface area contributed by atoms with Gasteiger partial charge in [-0.1, -0.05) is 0 Å². The fourth-order valence-corrected chi connectivity index (χ4v) is 2.33. The summed E-state index contributed by atoms with van der Waals surface area (Å²) in [5, 5.41) is 12.5. The minimum Gasteiger partial charge on any atom is -0.399 e. The van der Waals surface area contributed by atoms with Crippen molar-refractivity contribution in [3.05, 3.63) is 22.7 Å². The van der Waals surface area contributed by atoms with Gasteiger partial charge in [0, 0.05) is 22.4 Å². The Hall–Kier alpha value is -0.740. The molecule has 0 aliphatic heterocycles. The lowest BCUT2D eigenvalue weighted by Gasteiger charge is -2.31. The highest BCUT2D eigenvalue weighted by Crippen LogP contribution is 2.29. The molecule has 1 aromatic rings. The quantitative estimate of drug-likeness (QED) is 0.739. The zero-order valence-electron chi connectivity index (χ0n) is 8.41. The van der Waals surface area contributed by atoms with Crippen LogP contribution >= 0.6 is 15.9 Å². The monoisotopic (exact) mass is 270 g/mol. The average molecular weight is 271 g/mol. The van der Waals surface area contributed by atoms with Crippen molar-refractivity contribution in [3.63, 3.8) is 0 Å². The van der Waals surface area contributed by atoms with Crippen molar-refractivity contribution in [2.45, 2.75) is 18.9 Å². The maximum atomic E-state index is 9.15. The third-order valence-corrected chi connectivity index (χ3v) is 3.44. The van der Waals surface area contributed by atoms with Gasteiger partial charge in [0.2, 0.25) is 0 Å². The molecule has 0 saturated heterocycles. The van der Waals surface area contributed by atoms with E-state index in [1.165, 1.54) is 0 Å². The Balaban J connectivity index is 1.88. The average Bonchev–Trinajstić information content (AvgIpc) is 2.13. The van der Waals surface area contributed by atoms with Crippen LogP contribution in [0.2, 0.25) is 0 Å². The zero-order chi connectivity index (χ0) is 10.8. The van der Waals surface area contributed by atoms with E-state index in [1.807, 2.05) is 18.2 Å². The summed E-state index contributed by atoms with van der Waals surface area (Å²) in [6.07, 6.45) is 1.76. The molecule has 0 unspecified atom stereocenters. The molecule has 4 N–H and O–H groups in total. The summed E-state index contributed by atoms with van der Waals surface area (Å²) in [6.45, 7) is 0.916. The van der Waals surface area contributed by atoms with E-state index in [-0.39, 0.29) is 6.10 Å². The highest BCUT2D eigenvalue weighted by atomic mass is 79.9. The van der Waals surface area contributed by atoms with Gasteiger partial charge >= 0.3 is 0 Å². The second-order valence-electron chi connectivity index (χ2n) is 4.11. The largest absolute Gasteiger partial charge is 0.399 e. The van der Waals surface area contributed by atoms with Gasteiger partial charge in [0.25, 0.3) is 0 Å². The number of aliphatic hydroxyl groups is 1. The molecule has 1 aliphatic carbocycles. The van der Waals surface area contributed by atoms with Gasteiger partial charge in [-0.15, -0.1) is 0 Å². The first-order valence-corrected chi connectivity index (χ1v) is 5.91. The van der Waals surface area contributed by atoms with Crippen LogP contribution < -0.4 is 11.1 Å². The molecule has 0 bridgehead atoms. The van der Waals surface area contributed by atoms with E-state index >= 15 is 0 Å². The van der Waals surface area contributed by atoms with Crippen LogP contribution in [0.4, 0.5) is 11.4 Å². The van der Waals surface area contributed by atoms with Crippen molar-refractivity contribution in [3.8, 4) is 0 Å². The van der Waals surface area contributed by atoms with Gasteiger partial charge in [-0.25, -0.2) is 0 Å².